The SMILES string of the molecule is Cc1nnc(CNC(=O)CN)n1-c1ccc(Cl)cc1C(=O)c1ccccc1. The van der Waals surface area contributed by atoms with Crippen LogP contribution in [0.2, 0.25) is 5.02 Å². The molecular formula is C19H18ClN5O2. The molecule has 0 aliphatic rings. The van der Waals surface area contributed by atoms with E-state index in [4.69, 9.17) is 17.3 Å². The summed E-state index contributed by atoms with van der Waals surface area (Å²) in [5, 5.41) is 11.3. The Labute approximate surface area is 161 Å². The molecule has 3 aromatic rings. The van der Waals surface area contributed by atoms with Crippen molar-refractivity contribution in [3.05, 3.63) is 76.3 Å². The standard InChI is InChI=1S/C19H18ClN5O2/c1-12-23-24-17(11-22-18(26)10-21)25(12)16-8-7-14(20)9-15(16)19(27)13-5-3-2-4-6-13/h2-9H,10-11,21H2,1H3,(H,22,26). The first-order chi connectivity index (χ1) is 13.0. The fourth-order valence-electron chi connectivity index (χ4n) is 2.71. The average Bonchev–Trinajstić information content (AvgIpc) is 3.06. The fourth-order valence-corrected chi connectivity index (χ4v) is 2.89. The van der Waals surface area contributed by atoms with Crippen LogP contribution in [-0.4, -0.2) is 33.0 Å². The van der Waals surface area contributed by atoms with Crippen molar-refractivity contribution in [2.45, 2.75) is 13.5 Å². The van der Waals surface area contributed by atoms with Crippen molar-refractivity contribution in [2.75, 3.05) is 6.54 Å². The monoisotopic (exact) mass is 383 g/mol. The van der Waals surface area contributed by atoms with Gasteiger partial charge >= 0.3 is 0 Å². The molecule has 2 aromatic carbocycles. The first kappa shape index (κ1) is 18.8. The van der Waals surface area contributed by atoms with Crippen LogP contribution in [0.4, 0.5) is 0 Å². The lowest BCUT2D eigenvalue weighted by atomic mass is 10.0. The van der Waals surface area contributed by atoms with Gasteiger partial charge in [0.15, 0.2) is 11.6 Å². The van der Waals surface area contributed by atoms with Crippen molar-refractivity contribution < 1.29 is 9.59 Å². The number of rotatable bonds is 6. The Morgan fingerprint density at radius 1 is 1.15 bits per heavy atom. The second kappa shape index (κ2) is 8.11. The fraction of sp³-hybridized carbons (Fsp3) is 0.158. The molecule has 0 radical (unpaired) electrons. The number of halogens is 1. The number of nitrogens with two attached hydrogens (primary N) is 1. The third-order valence-corrected chi connectivity index (χ3v) is 4.24. The molecule has 0 aliphatic heterocycles. The van der Waals surface area contributed by atoms with Gasteiger partial charge in [0.25, 0.3) is 0 Å². The first-order valence-corrected chi connectivity index (χ1v) is 8.66. The maximum Gasteiger partial charge on any atom is 0.234 e. The molecule has 138 valence electrons. The lowest BCUT2D eigenvalue weighted by Gasteiger charge is -2.14. The molecule has 0 spiro atoms. The van der Waals surface area contributed by atoms with E-state index in [1.807, 2.05) is 6.07 Å². The molecule has 1 amide bonds. The maximum atomic E-state index is 13.1. The van der Waals surface area contributed by atoms with E-state index in [2.05, 4.69) is 15.5 Å². The van der Waals surface area contributed by atoms with E-state index in [-0.39, 0.29) is 24.8 Å². The lowest BCUT2D eigenvalue weighted by molar-refractivity contribution is -0.119. The van der Waals surface area contributed by atoms with Crippen molar-refractivity contribution in [1.29, 1.82) is 0 Å². The first-order valence-electron chi connectivity index (χ1n) is 8.28. The summed E-state index contributed by atoms with van der Waals surface area (Å²) in [6.45, 7) is 1.79. The second-order valence-corrected chi connectivity index (χ2v) is 6.27. The molecule has 1 aromatic heterocycles. The van der Waals surface area contributed by atoms with Gasteiger partial charge in [0.1, 0.15) is 5.82 Å². The smallest absolute Gasteiger partial charge is 0.234 e. The zero-order valence-corrected chi connectivity index (χ0v) is 15.4. The van der Waals surface area contributed by atoms with Gasteiger partial charge in [-0.1, -0.05) is 41.9 Å². The average molecular weight is 384 g/mol. The van der Waals surface area contributed by atoms with E-state index in [1.54, 1.807) is 54.0 Å². The van der Waals surface area contributed by atoms with Crippen LogP contribution in [0.3, 0.4) is 0 Å². The summed E-state index contributed by atoms with van der Waals surface area (Å²) < 4.78 is 1.73. The summed E-state index contributed by atoms with van der Waals surface area (Å²) in [7, 11) is 0. The number of hydrogen-bond acceptors (Lipinski definition) is 5. The van der Waals surface area contributed by atoms with Gasteiger partial charge in [0, 0.05) is 16.1 Å². The highest BCUT2D eigenvalue weighted by atomic mass is 35.5. The van der Waals surface area contributed by atoms with E-state index in [0.717, 1.165) is 0 Å². The summed E-state index contributed by atoms with van der Waals surface area (Å²) in [6, 6.07) is 14.0. The topological polar surface area (TPSA) is 103 Å². The molecule has 0 atom stereocenters. The van der Waals surface area contributed by atoms with Crippen LogP contribution in [0.25, 0.3) is 5.69 Å². The lowest BCUT2D eigenvalue weighted by Crippen LogP contribution is -2.30. The number of amides is 1. The molecule has 0 bridgehead atoms. The van der Waals surface area contributed by atoms with E-state index in [9.17, 15) is 9.59 Å². The third-order valence-electron chi connectivity index (χ3n) is 4.00. The van der Waals surface area contributed by atoms with Crippen LogP contribution in [0.5, 0.6) is 0 Å². The molecule has 0 aliphatic carbocycles. The van der Waals surface area contributed by atoms with Crippen LogP contribution < -0.4 is 11.1 Å². The summed E-state index contributed by atoms with van der Waals surface area (Å²) in [5.74, 6) is 0.590. The summed E-state index contributed by atoms with van der Waals surface area (Å²) in [6.07, 6.45) is 0. The van der Waals surface area contributed by atoms with Gasteiger partial charge in [0.05, 0.1) is 18.8 Å². The highest BCUT2D eigenvalue weighted by molar-refractivity contribution is 6.31. The molecule has 7 nitrogen and oxygen atoms in total. The van der Waals surface area contributed by atoms with Gasteiger partial charge in [-0.2, -0.15) is 0 Å². The molecule has 0 fully saturated rings. The number of carbonyl (C=O) groups excluding carboxylic acids is 2. The van der Waals surface area contributed by atoms with Gasteiger partial charge in [0.2, 0.25) is 5.91 Å². The van der Waals surface area contributed by atoms with Crippen molar-refractivity contribution in [1.82, 2.24) is 20.1 Å². The molecule has 1 heterocycles. The van der Waals surface area contributed by atoms with Gasteiger partial charge in [-0.25, -0.2) is 0 Å². The summed E-state index contributed by atoms with van der Waals surface area (Å²) in [4.78, 5) is 24.5. The normalized spacial score (nSPS) is 10.6. The molecule has 0 unspecified atom stereocenters. The Morgan fingerprint density at radius 3 is 2.59 bits per heavy atom. The molecule has 3 N–H and O–H groups in total. The minimum atomic E-state index is -0.307. The number of nitrogens with zero attached hydrogens (tertiary/aromatic N) is 3. The van der Waals surface area contributed by atoms with Gasteiger partial charge in [-0.05, 0) is 25.1 Å². The highest BCUT2D eigenvalue weighted by Crippen LogP contribution is 2.24. The van der Waals surface area contributed by atoms with E-state index in [1.165, 1.54) is 0 Å². The Hall–Kier alpha value is -3.03. The van der Waals surface area contributed by atoms with Crippen LogP contribution in [0.15, 0.2) is 48.5 Å². The molecule has 0 saturated heterocycles. The van der Waals surface area contributed by atoms with Gasteiger partial charge < -0.3 is 11.1 Å². The highest BCUT2D eigenvalue weighted by Gasteiger charge is 2.20. The van der Waals surface area contributed by atoms with Gasteiger partial charge in [-0.3, -0.25) is 14.2 Å². The summed E-state index contributed by atoms with van der Waals surface area (Å²) in [5.41, 5.74) is 6.88. The largest absolute Gasteiger partial charge is 0.348 e. The molecule has 3 rings (SSSR count). The van der Waals surface area contributed by atoms with Gasteiger partial charge in [-0.15, -0.1) is 10.2 Å². The van der Waals surface area contributed by atoms with Crippen molar-refractivity contribution in [3.63, 3.8) is 0 Å². The van der Waals surface area contributed by atoms with E-state index < -0.39 is 0 Å². The number of hydrogen-bond donors (Lipinski definition) is 2. The quantitative estimate of drug-likeness (QED) is 0.634. The number of nitrogens with one attached hydrogen (secondary N) is 1. The zero-order chi connectivity index (χ0) is 19.4. The second-order valence-electron chi connectivity index (χ2n) is 5.84. The minimum absolute atomic E-state index is 0.119. The zero-order valence-electron chi connectivity index (χ0n) is 14.6. The Balaban J connectivity index is 2.07. The Bertz CT molecular complexity index is 985. The maximum absolute atomic E-state index is 13.1. The molecule has 8 heteroatoms. The van der Waals surface area contributed by atoms with E-state index in [0.29, 0.717) is 33.5 Å². The number of carbonyl (C=O) groups is 2. The van der Waals surface area contributed by atoms with Crippen molar-refractivity contribution >= 4 is 23.3 Å². The molecular weight excluding hydrogens is 366 g/mol. The third kappa shape index (κ3) is 4.05. The number of aromatic nitrogens is 3. The number of benzene rings is 2. The van der Waals surface area contributed by atoms with E-state index >= 15 is 0 Å². The summed E-state index contributed by atoms with van der Waals surface area (Å²) >= 11 is 6.15. The molecule has 0 saturated carbocycles. The van der Waals surface area contributed by atoms with Crippen LogP contribution in [0.1, 0.15) is 27.6 Å². The number of ketones is 1. The van der Waals surface area contributed by atoms with Crippen LogP contribution in [-0.2, 0) is 11.3 Å². The van der Waals surface area contributed by atoms with Crippen molar-refractivity contribution in [2.24, 2.45) is 5.73 Å². The molecule has 27 heavy (non-hydrogen) atoms. The Kier molecular flexibility index (Phi) is 5.63. The van der Waals surface area contributed by atoms with Crippen LogP contribution >= 0.6 is 11.6 Å². The van der Waals surface area contributed by atoms with Crippen LogP contribution in [0, 0.1) is 6.92 Å². The van der Waals surface area contributed by atoms with Crippen molar-refractivity contribution in [3.8, 4) is 5.69 Å². The predicted molar refractivity (Wildman–Crippen MR) is 102 cm³/mol. The Morgan fingerprint density at radius 2 is 1.89 bits per heavy atom. The predicted octanol–water partition coefficient (Wildman–Crippen LogP) is 2.04. The minimum Gasteiger partial charge on any atom is -0.348 e. The number of aryl methyl sites for hydroxylation is 1.